The first-order valence-electron chi connectivity index (χ1n) is 8.71. The lowest BCUT2D eigenvalue weighted by Gasteiger charge is -2.19. The molecular weight excluding hydrogens is 336 g/mol. The van der Waals surface area contributed by atoms with Crippen molar-refractivity contribution in [2.45, 2.75) is 44.6 Å². The van der Waals surface area contributed by atoms with Crippen LogP contribution >= 0.6 is 0 Å². The van der Waals surface area contributed by atoms with Crippen molar-refractivity contribution in [3.63, 3.8) is 0 Å². The molecule has 3 rings (SSSR count). The van der Waals surface area contributed by atoms with Gasteiger partial charge in [0, 0.05) is 31.3 Å². The van der Waals surface area contributed by atoms with E-state index in [0.29, 0.717) is 24.2 Å². The molecule has 1 saturated heterocycles. The maximum atomic E-state index is 12.5. The van der Waals surface area contributed by atoms with Gasteiger partial charge in [-0.1, -0.05) is 12.8 Å². The minimum absolute atomic E-state index is 0.0304. The van der Waals surface area contributed by atoms with Crippen molar-refractivity contribution in [1.82, 2.24) is 10.2 Å². The van der Waals surface area contributed by atoms with Gasteiger partial charge in [-0.25, -0.2) is 4.79 Å². The molecule has 1 aliphatic carbocycles. The van der Waals surface area contributed by atoms with E-state index < -0.39 is 11.6 Å². The molecule has 5 amide bonds. The first-order valence-corrected chi connectivity index (χ1v) is 8.71. The van der Waals surface area contributed by atoms with Gasteiger partial charge < -0.3 is 16.0 Å². The monoisotopic (exact) mass is 358 g/mol. The average molecular weight is 358 g/mol. The third-order valence-corrected chi connectivity index (χ3v) is 4.75. The van der Waals surface area contributed by atoms with Crippen LogP contribution in [0.25, 0.3) is 0 Å². The Morgan fingerprint density at radius 1 is 1.08 bits per heavy atom. The molecule has 26 heavy (non-hydrogen) atoms. The number of anilines is 2. The molecule has 1 aromatic rings. The van der Waals surface area contributed by atoms with E-state index in [9.17, 15) is 19.2 Å². The van der Waals surface area contributed by atoms with Crippen LogP contribution in [0, 0.1) is 0 Å². The van der Waals surface area contributed by atoms with Crippen LogP contribution < -0.4 is 16.0 Å². The predicted octanol–water partition coefficient (Wildman–Crippen LogP) is 1.84. The second-order valence-corrected chi connectivity index (χ2v) is 6.73. The second-order valence-electron chi connectivity index (χ2n) is 6.73. The largest absolute Gasteiger partial charge is 0.326 e. The SMILES string of the molecule is CC(=O)Nc1ccc(NC(=O)CCN2C(=O)NC3(CCCC3)C2=O)cc1. The molecule has 8 nitrogen and oxygen atoms in total. The first-order chi connectivity index (χ1) is 12.4. The molecule has 0 bridgehead atoms. The lowest BCUT2D eigenvalue weighted by molar-refractivity contribution is -0.131. The fraction of sp³-hybridized carbons (Fsp3) is 0.444. The van der Waals surface area contributed by atoms with Gasteiger partial charge in [0.25, 0.3) is 5.91 Å². The Morgan fingerprint density at radius 3 is 2.23 bits per heavy atom. The summed E-state index contributed by atoms with van der Waals surface area (Å²) in [6.45, 7) is 1.48. The third-order valence-electron chi connectivity index (χ3n) is 4.75. The number of imide groups is 1. The Labute approximate surface area is 151 Å². The van der Waals surface area contributed by atoms with Gasteiger partial charge in [-0.05, 0) is 37.1 Å². The molecule has 1 spiro atoms. The minimum Gasteiger partial charge on any atom is -0.326 e. The van der Waals surface area contributed by atoms with Crippen molar-refractivity contribution in [3.05, 3.63) is 24.3 Å². The molecule has 0 atom stereocenters. The van der Waals surface area contributed by atoms with Crippen LogP contribution in [0.2, 0.25) is 0 Å². The van der Waals surface area contributed by atoms with Gasteiger partial charge in [-0.3, -0.25) is 19.3 Å². The average Bonchev–Trinajstić information content (AvgIpc) is 3.14. The van der Waals surface area contributed by atoms with Crippen molar-refractivity contribution in [2.24, 2.45) is 0 Å². The Bertz CT molecular complexity index is 738. The quantitative estimate of drug-likeness (QED) is 0.698. The van der Waals surface area contributed by atoms with Gasteiger partial charge in [-0.2, -0.15) is 0 Å². The number of amides is 5. The molecule has 8 heteroatoms. The molecule has 0 aromatic heterocycles. The molecule has 0 radical (unpaired) electrons. The van der Waals surface area contributed by atoms with E-state index in [1.165, 1.54) is 6.92 Å². The van der Waals surface area contributed by atoms with Crippen molar-refractivity contribution in [1.29, 1.82) is 0 Å². The zero-order valence-electron chi connectivity index (χ0n) is 14.6. The van der Waals surface area contributed by atoms with Crippen molar-refractivity contribution >= 4 is 35.1 Å². The summed E-state index contributed by atoms with van der Waals surface area (Å²) < 4.78 is 0. The molecule has 0 unspecified atom stereocenters. The second kappa shape index (κ2) is 7.15. The van der Waals surface area contributed by atoms with Gasteiger partial charge >= 0.3 is 6.03 Å². The normalized spacial score (nSPS) is 18.1. The summed E-state index contributed by atoms with van der Waals surface area (Å²) in [6, 6.07) is 6.29. The van der Waals surface area contributed by atoms with E-state index in [2.05, 4.69) is 16.0 Å². The smallest absolute Gasteiger partial charge is 0.325 e. The number of hydrogen-bond acceptors (Lipinski definition) is 4. The molecule has 1 heterocycles. The van der Waals surface area contributed by atoms with Crippen LogP contribution in [-0.4, -0.2) is 40.7 Å². The minimum atomic E-state index is -0.743. The zero-order chi connectivity index (χ0) is 18.7. The summed E-state index contributed by atoms with van der Waals surface area (Å²) in [6.07, 6.45) is 3.22. The highest BCUT2D eigenvalue weighted by Gasteiger charge is 2.52. The number of carbonyl (C=O) groups is 4. The van der Waals surface area contributed by atoms with E-state index >= 15 is 0 Å². The number of rotatable bonds is 5. The fourth-order valence-corrected chi connectivity index (χ4v) is 3.47. The summed E-state index contributed by atoms with van der Waals surface area (Å²) in [7, 11) is 0. The highest BCUT2D eigenvalue weighted by molar-refractivity contribution is 6.07. The molecule has 138 valence electrons. The van der Waals surface area contributed by atoms with Crippen LogP contribution in [0.4, 0.5) is 16.2 Å². The van der Waals surface area contributed by atoms with Crippen molar-refractivity contribution < 1.29 is 19.2 Å². The lowest BCUT2D eigenvalue weighted by atomic mass is 9.98. The number of nitrogens with one attached hydrogen (secondary N) is 3. The molecule has 1 aliphatic heterocycles. The van der Waals surface area contributed by atoms with Crippen LogP contribution in [0.5, 0.6) is 0 Å². The number of benzene rings is 1. The molecule has 1 aromatic carbocycles. The van der Waals surface area contributed by atoms with E-state index in [-0.39, 0.29) is 30.7 Å². The summed E-state index contributed by atoms with van der Waals surface area (Å²) in [5.41, 5.74) is 0.470. The van der Waals surface area contributed by atoms with Gasteiger partial charge in [0.15, 0.2) is 0 Å². The zero-order valence-corrected chi connectivity index (χ0v) is 14.6. The molecule has 1 saturated carbocycles. The highest BCUT2D eigenvalue weighted by atomic mass is 16.2. The van der Waals surface area contributed by atoms with Gasteiger partial charge in [0.2, 0.25) is 11.8 Å². The van der Waals surface area contributed by atoms with Gasteiger partial charge in [0.1, 0.15) is 5.54 Å². The Morgan fingerprint density at radius 2 is 1.65 bits per heavy atom. The molecule has 3 N–H and O–H groups in total. The molecular formula is C18H22N4O4. The van der Waals surface area contributed by atoms with Gasteiger partial charge in [0.05, 0.1) is 0 Å². The molecule has 2 fully saturated rings. The van der Waals surface area contributed by atoms with Gasteiger partial charge in [-0.15, -0.1) is 0 Å². The summed E-state index contributed by atoms with van der Waals surface area (Å²) in [5.74, 6) is -0.673. The molecule has 2 aliphatic rings. The Kier molecular flexibility index (Phi) is 4.92. The summed E-state index contributed by atoms with van der Waals surface area (Å²) >= 11 is 0. The summed E-state index contributed by atoms with van der Waals surface area (Å²) in [4.78, 5) is 48.8. The fourth-order valence-electron chi connectivity index (χ4n) is 3.47. The Balaban J connectivity index is 1.52. The maximum Gasteiger partial charge on any atom is 0.325 e. The van der Waals surface area contributed by atoms with Crippen LogP contribution in [0.3, 0.4) is 0 Å². The van der Waals surface area contributed by atoms with Crippen LogP contribution in [-0.2, 0) is 14.4 Å². The van der Waals surface area contributed by atoms with Crippen LogP contribution in [0.1, 0.15) is 39.0 Å². The standard InChI is InChI=1S/C18H22N4O4/c1-12(23)19-13-4-6-14(7-5-13)20-15(24)8-11-22-16(25)18(21-17(22)26)9-2-3-10-18/h4-7H,2-3,8-11H2,1H3,(H,19,23)(H,20,24)(H,21,26). The van der Waals surface area contributed by atoms with Crippen molar-refractivity contribution in [3.8, 4) is 0 Å². The maximum absolute atomic E-state index is 12.5. The Hall–Kier alpha value is -2.90. The number of carbonyl (C=O) groups excluding carboxylic acids is 4. The number of urea groups is 1. The lowest BCUT2D eigenvalue weighted by Crippen LogP contribution is -2.44. The van der Waals surface area contributed by atoms with E-state index in [4.69, 9.17) is 0 Å². The first kappa shape index (κ1) is 17.9. The number of nitrogens with zero attached hydrogens (tertiary/aromatic N) is 1. The van der Waals surface area contributed by atoms with Crippen LogP contribution in [0.15, 0.2) is 24.3 Å². The topological polar surface area (TPSA) is 108 Å². The number of hydrogen-bond donors (Lipinski definition) is 3. The highest BCUT2D eigenvalue weighted by Crippen LogP contribution is 2.35. The summed E-state index contributed by atoms with van der Waals surface area (Å²) in [5, 5.41) is 8.15. The third kappa shape index (κ3) is 3.68. The van der Waals surface area contributed by atoms with E-state index in [1.807, 2.05) is 0 Å². The predicted molar refractivity (Wildman–Crippen MR) is 95.4 cm³/mol. The van der Waals surface area contributed by atoms with Crippen molar-refractivity contribution in [2.75, 3.05) is 17.2 Å². The van der Waals surface area contributed by atoms with E-state index in [1.54, 1.807) is 24.3 Å². The van der Waals surface area contributed by atoms with E-state index in [0.717, 1.165) is 17.7 Å².